The first-order chi connectivity index (χ1) is 14.8. The number of aromatic nitrogens is 1. The molecule has 1 amide bonds. The van der Waals surface area contributed by atoms with E-state index >= 15 is 0 Å². The number of nitrogens with one attached hydrogen (secondary N) is 1. The Bertz CT molecular complexity index is 1230. The molecule has 2 heterocycles. The van der Waals surface area contributed by atoms with Crippen molar-refractivity contribution in [2.24, 2.45) is 0 Å². The first-order valence-corrected chi connectivity index (χ1v) is 12.7. The quantitative estimate of drug-likeness (QED) is 0.481. The van der Waals surface area contributed by atoms with E-state index in [1.54, 1.807) is 23.6 Å². The van der Waals surface area contributed by atoms with Crippen molar-refractivity contribution >= 4 is 67.2 Å². The van der Waals surface area contributed by atoms with Crippen LogP contribution >= 0.6 is 46.1 Å². The molecule has 0 saturated carbocycles. The minimum atomic E-state index is -3.83. The summed E-state index contributed by atoms with van der Waals surface area (Å²) >= 11 is 19.3. The van der Waals surface area contributed by atoms with Gasteiger partial charge in [0.1, 0.15) is 6.04 Å². The van der Waals surface area contributed by atoms with Crippen LogP contribution in [0.15, 0.2) is 52.7 Å². The van der Waals surface area contributed by atoms with Crippen molar-refractivity contribution in [2.75, 3.05) is 11.9 Å². The highest BCUT2D eigenvalue weighted by Crippen LogP contribution is 2.33. The molecule has 1 unspecified atom stereocenters. The summed E-state index contributed by atoms with van der Waals surface area (Å²) in [4.78, 5) is 17.4. The maximum atomic E-state index is 13.0. The largest absolute Gasteiger partial charge is 0.301 e. The fourth-order valence-electron chi connectivity index (χ4n) is 3.37. The average Bonchev–Trinajstić information content (AvgIpc) is 3.40. The third kappa shape index (κ3) is 4.74. The van der Waals surface area contributed by atoms with Crippen LogP contribution in [0.5, 0.6) is 0 Å². The summed E-state index contributed by atoms with van der Waals surface area (Å²) in [5.74, 6) is -0.423. The molecule has 1 N–H and O–H groups in total. The number of amides is 1. The molecule has 1 saturated heterocycles. The van der Waals surface area contributed by atoms with Gasteiger partial charge in [0, 0.05) is 27.5 Å². The summed E-state index contributed by atoms with van der Waals surface area (Å²) in [6.45, 7) is 0.268. The van der Waals surface area contributed by atoms with Gasteiger partial charge in [0.15, 0.2) is 5.13 Å². The SMILES string of the molecule is O=C(Nc1nc(-c2cc(Cl)ccc2Cl)cs1)C1CCCN1S(=O)(=O)c1ccc(Cl)cc1. The van der Waals surface area contributed by atoms with Crippen LogP contribution in [0.25, 0.3) is 11.3 Å². The van der Waals surface area contributed by atoms with Gasteiger partial charge in [-0.1, -0.05) is 34.8 Å². The van der Waals surface area contributed by atoms with E-state index < -0.39 is 22.0 Å². The van der Waals surface area contributed by atoms with Gasteiger partial charge in [-0.25, -0.2) is 13.4 Å². The summed E-state index contributed by atoms with van der Waals surface area (Å²) in [6.07, 6.45) is 1.02. The van der Waals surface area contributed by atoms with Crippen molar-refractivity contribution in [3.8, 4) is 11.3 Å². The standard InChI is InChI=1S/C20H16Cl3N3O3S2/c21-12-3-6-14(7-4-12)31(28,29)26-9-1-2-18(26)19(27)25-20-24-17(11-30-20)15-10-13(22)5-8-16(15)23/h3-8,10-11,18H,1-2,9H2,(H,24,25,27). The predicted molar refractivity (Wildman–Crippen MR) is 125 cm³/mol. The molecule has 162 valence electrons. The molecule has 4 rings (SSSR count). The lowest BCUT2D eigenvalue weighted by Crippen LogP contribution is -2.43. The molecular weight excluding hydrogens is 501 g/mol. The second kappa shape index (κ2) is 9.05. The van der Waals surface area contributed by atoms with Crippen LogP contribution in [0.4, 0.5) is 5.13 Å². The molecule has 0 aliphatic carbocycles. The van der Waals surface area contributed by atoms with Crippen molar-refractivity contribution < 1.29 is 13.2 Å². The minimum absolute atomic E-state index is 0.101. The Morgan fingerprint density at radius 3 is 2.55 bits per heavy atom. The number of benzene rings is 2. The topological polar surface area (TPSA) is 79.4 Å². The second-order valence-corrected chi connectivity index (χ2v) is 10.9. The van der Waals surface area contributed by atoms with E-state index in [4.69, 9.17) is 34.8 Å². The summed E-state index contributed by atoms with van der Waals surface area (Å²) in [5.41, 5.74) is 1.23. The molecule has 1 aliphatic heterocycles. The third-order valence-electron chi connectivity index (χ3n) is 4.87. The molecule has 0 bridgehead atoms. The predicted octanol–water partition coefficient (Wildman–Crippen LogP) is 5.56. The van der Waals surface area contributed by atoms with E-state index in [0.717, 1.165) is 0 Å². The molecule has 1 aromatic heterocycles. The molecule has 11 heteroatoms. The number of hydrogen-bond donors (Lipinski definition) is 1. The number of anilines is 1. The third-order valence-corrected chi connectivity index (χ3v) is 8.36. The van der Waals surface area contributed by atoms with Gasteiger partial charge < -0.3 is 5.32 Å². The highest BCUT2D eigenvalue weighted by atomic mass is 35.5. The van der Waals surface area contributed by atoms with Crippen molar-refractivity contribution in [1.82, 2.24) is 9.29 Å². The highest BCUT2D eigenvalue weighted by Gasteiger charge is 2.39. The number of carbonyl (C=O) groups excluding carboxylic acids is 1. The zero-order valence-electron chi connectivity index (χ0n) is 15.9. The first-order valence-electron chi connectivity index (χ1n) is 9.25. The molecule has 0 radical (unpaired) electrons. The fraction of sp³-hybridized carbons (Fsp3) is 0.200. The van der Waals surface area contributed by atoms with E-state index in [2.05, 4.69) is 10.3 Å². The van der Waals surface area contributed by atoms with E-state index in [9.17, 15) is 13.2 Å². The number of hydrogen-bond acceptors (Lipinski definition) is 5. The number of rotatable bonds is 5. The lowest BCUT2D eigenvalue weighted by Gasteiger charge is -2.23. The van der Waals surface area contributed by atoms with Crippen molar-refractivity contribution in [3.63, 3.8) is 0 Å². The smallest absolute Gasteiger partial charge is 0.244 e. The van der Waals surface area contributed by atoms with Crippen LogP contribution in [0.3, 0.4) is 0 Å². The molecule has 1 aliphatic rings. The molecule has 1 fully saturated rings. The number of halogens is 3. The lowest BCUT2D eigenvalue weighted by molar-refractivity contribution is -0.119. The zero-order valence-corrected chi connectivity index (χ0v) is 19.8. The van der Waals surface area contributed by atoms with Crippen LogP contribution in [0, 0.1) is 0 Å². The van der Waals surface area contributed by atoms with Crippen LogP contribution < -0.4 is 5.32 Å². The average molecular weight is 517 g/mol. The Morgan fingerprint density at radius 1 is 1.10 bits per heavy atom. The fourth-order valence-corrected chi connectivity index (χ4v) is 6.25. The molecule has 2 aromatic carbocycles. The van der Waals surface area contributed by atoms with E-state index in [1.807, 2.05) is 0 Å². The van der Waals surface area contributed by atoms with Gasteiger partial charge in [-0.15, -0.1) is 11.3 Å². The maximum Gasteiger partial charge on any atom is 0.244 e. The summed E-state index contributed by atoms with van der Waals surface area (Å²) in [5, 5.41) is 6.29. The Labute approximate surface area is 198 Å². The first kappa shape index (κ1) is 22.5. The highest BCUT2D eigenvalue weighted by molar-refractivity contribution is 7.89. The monoisotopic (exact) mass is 515 g/mol. The molecule has 3 aromatic rings. The van der Waals surface area contributed by atoms with Gasteiger partial charge in [-0.2, -0.15) is 4.31 Å². The Balaban J connectivity index is 1.53. The van der Waals surface area contributed by atoms with E-state index in [1.165, 1.54) is 39.9 Å². The number of sulfonamides is 1. The van der Waals surface area contributed by atoms with Gasteiger partial charge in [0.25, 0.3) is 0 Å². The summed E-state index contributed by atoms with van der Waals surface area (Å²) in [6, 6.07) is 10.1. The van der Waals surface area contributed by atoms with Crippen molar-refractivity contribution in [2.45, 2.75) is 23.8 Å². The number of thiazole rings is 1. The van der Waals surface area contributed by atoms with Gasteiger partial charge in [0.05, 0.1) is 15.6 Å². The molecule has 6 nitrogen and oxygen atoms in total. The Kier molecular flexibility index (Phi) is 6.57. The van der Waals surface area contributed by atoms with Crippen LogP contribution in [0.2, 0.25) is 15.1 Å². The molecule has 31 heavy (non-hydrogen) atoms. The van der Waals surface area contributed by atoms with Crippen LogP contribution in [-0.2, 0) is 14.8 Å². The molecule has 0 spiro atoms. The van der Waals surface area contributed by atoms with E-state index in [-0.39, 0.29) is 11.4 Å². The van der Waals surface area contributed by atoms with Crippen molar-refractivity contribution in [1.29, 1.82) is 0 Å². The lowest BCUT2D eigenvalue weighted by atomic mass is 10.2. The van der Waals surface area contributed by atoms with Crippen LogP contribution in [-0.4, -0.2) is 36.2 Å². The number of carbonyl (C=O) groups is 1. The Morgan fingerprint density at radius 2 is 1.81 bits per heavy atom. The minimum Gasteiger partial charge on any atom is -0.301 e. The Hall–Kier alpha value is -1.68. The second-order valence-electron chi connectivity index (χ2n) is 6.88. The van der Waals surface area contributed by atoms with Gasteiger partial charge in [-0.05, 0) is 55.3 Å². The van der Waals surface area contributed by atoms with Gasteiger partial charge in [0.2, 0.25) is 15.9 Å². The van der Waals surface area contributed by atoms with Crippen molar-refractivity contribution in [3.05, 3.63) is 62.9 Å². The molecular formula is C20H16Cl3N3O3S2. The molecule has 1 atom stereocenters. The van der Waals surface area contributed by atoms with E-state index in [0.29, 0.717) is 44.3 Å². The van der Waals surface area contributed by atoms with Gasteiger partial charge in [-0.3, -0.25) is 4.79 Å². The van der Waals surface area contributed by atoms with Gasteiger partial charge >= 0.3 is 0 Å². The summed E-state index contributed by atoms with van der Waals surface area (Å²) < 4.78 is 27.3. The maximum absolute atomic E-state index is 13.0. The van der Waals surface area contributed by atoms with Crippen LogP contribution in [0.1, 0.15) is 12.8 Å². The zero-order chi connectivity index (χ0) is 22.2. The summed E-state index contributed by atoms with van der Waals surface area (Å²) in [7, 11) is -3.83. The number of nitrogens with zero attached hydrogens (tertiary/aromatic N) is 2. The normalized spacial score (nSPS) is 17.1.